The van der Waals surface area contributed by atoms with E-state index in [1.54, 1.807) is 6.20 Å². The van der Waals surface area contributed by atoms with E-state index in [0.29, 0.717) is 12.0 Å². The first-order chi connectivity index (χ1) is 19.3. The van der Waals surface area contributed by atoms with Gasteiger partial charge >= 0.3 is 0 Å². The van der Waals surface area contributed by atoms with E-state index in [9.17, 15) is 9.59 Å². The van der Waals surface area contributed by atoms with Gasteiger partial charge in [-0.1, -0.05) is 32.0 Å². The number of hydrogen-bond acceptors (Lipinski definition) is 4. The summed E-state index contributed by atoms with van der Waals surface area (Å²) in [5.41, 5.74) is 9.47. The number of amides is 1. The van der Waals surface area contributed by atoms with Crippen LogP contribution in [0, 0.1) is 20.8 Å². The Labute approximate surface area is 235 Å². The average Bonchev–Trinajstić information content (AvgIpc) is 3.62. The zero-order valence-electron chi connectivity index (χ0n) is 24.0. The molecule has 2 aromatic heterocycles. The van der Waals surface area contributed by atoms with E-state index in [2.05, 4.69) is 53.2 Å². The second kappa shape index (κ2) is 11.5. The summed E-state index contributed by atoms with van der Waals surface area (Å²) in [6.07, 6.45) is 5.00. The molecule has 1 amide bonds. The van der Waals surface area contributed by atoms with Crippen molar-refractivity contribution in [3.05, 3.63) is 88.4 Å². The highest BCUT2D eigenvalue weighted by Crippen LogP contribution is 2.37. The number of ketones is 1. The largest absolute Gasteiger partial charge is 0.358 e. The van der Waals surface area contributed by atoms with E-state index in [-0.39, 0.29) is 11.7 Å². The third-order valence-electron chi connectivity index (χ3n) is 7.80. The van der Waals surface area contributed by atoms with Crippen LogP contribution in [0.3, 0.4) is 0 Å². The molecule has 5 rings (SSSR count). The van der Waals surface area contributed by atoms with E-state index < -0.39 is 0 Å². The van der Waals surface area contributed by atoms with Crippen molar-refractivity contribution in [2.24, 2.45) is 0 Å². The molecule has 206 valence electrons. The number of nitrogens with one attached hydrogen (secondary N) is 2. The number of nitrogens with zero attached hydrogens (tertiary/aromatic N) is 3. The number of hydrogen-bond donors (Lipinski definition) is 2. The van der Waals surface area contributed by atoms with Gasteiger partial charge in [-0.25, -0.2) is 4.68 Å². The smallest absolute Gasteiger partial charge is 0.256 e. The Kier molecular flexibility index (Phi) is 7.85. The Bertz CT molecular complexity index is 1600. The van der Waals surface area contributed by atoms with Crippen LogP contribution in [-0.2, 0) is 4.79 Å². The van der Waals surface area contributed by atoms with Gasteiger partial charge in [-0.3, -0.25) is 9.59 Å². The van der Waals surface area contributed by atoms with Gasteiger partial charge in [0.2, 0.25) is 0 Å². The minimum atomic E-state index is -0.155. The van der Waals surface area contributed by atoms with Crippen LogP contribution in [0.1, 0.15) is 65.1 Å². The van der Waals surface area contributed by atoms with Gasteiger partial charge in [0.05, 0.1) is 23.2 Å². The van der Waals surface area contributed by atoms with E-state index in [1.165, 1.54) is 0 Å². The van der Waals surface area contributed by atoms with Crippen molar-refractivity contribution in [1.29, 1.82) is 0 Å². The Balaban J connectivity index is 1.45. The SMILES string of the molecule is CCN(CC)CCCC(=O)c1c(C)[nH]c(/C=C2\C(=O)Nc3ccc(-c4ccnn4-c4cccc(C)c4)cc32)c1C. The fourth-order valence-corrected chi connectivity index (χ4v) is 5.59. The van der Waals surface area contributed by atoms with Crippen molar-refractivity contribution in [2.75, 3.05) is 25.0 Å². The molecular weight excluding hydrogens is 498 g/mol. The summed E-state index contributed by atoms with van der Waals surface area (Å²) in [6.45, 7) is 13.1. The summed E-state index contributed by atoms with van der Waals surface area (Å²) < 4.78 is 1.92. The Hall–Kier alpha value is -4.23. The molecule has 2 aromatic carbocycles. The van der Waals surface area contributed by atoms with Gasteiger partial charge in [-0.15, -0.1) is 0 Å². The van der Waals surface area contributed by atoms with Crippen molar-refractivity contribution < 1.29 is 9.59 Å². The highest BCUT2D eigenvalue weighted by Gasteiger charge is 2.26. The molecule has 0 atom stereocenters. The summed E-state index contributed by atoms with van der Waals surface area (Å²) in [7, 11) is 0. The summed E-state index contributed by atoms with van der Waals surface area (Å²) >= 11 is 0. The number of aromatic amines is 1. The predicted octanol–water partition coefficient (Wildman–Crippen LogP) is 6.59. The van der Waals surface area contributed by atoms with Crippen LogP contribution >= 0.6 is 0 Å². The zero-order chi connectivity index (χ0) is 28.4. The fraction of sp³-hybridized carbons (Fsp3) is 0.303. The lowest BCUT2D eigenvalue weighted by Crippen LogP contribution is -2.24. The molecule has 0 saturated heterocycles. The standard InChI is InChI=1S/C33H37N5O2/c1-6-37(7-2)17-9-12-31(39)32-22(4)29(35-23(32)5)20-27-26-19-24(13-14-28(26)36-33(27)40)30-15-16-34-38(30)25-11-8-10-21(3)18-25/h8,10-11,13-16,18-20,35H,6-7,9,12,17H2,1-5H3,(H,36,40)/b27-20-. The van der Waals surface area contributed by atoms with E-state index in [4.69, 9.17) is 0 Å². The number of Topliss-reactive ketones (excluding diaryl/α,β-unsaturated/α-hetero) is 1. The van der Waals surface area contributed by atoms with Gasteiger partial charge in [0, 0.05) is 40.2 Å². The lowest BCUT2D eigenvalue weighted by Gasteiger charge is -2.17. The van der Waals surface area contributed by atoms with Crippen LogP contribution < -0.4 is 5.32 Å². The molecule has 3 heterocycles. The second-order valence-electron chi connectivity index (χ2n) is 10.5. The summed E-state index contributed by atoms with van der Waals surface area (Å²) in [6, 6.07) is 16.2. The van der Waals surface area contributed by atoms with Crippen LogP contribution in [0.2, 0.25) is 0 Å². The Morgan fingerprint density at radius 1 is 1.05 bits per heavy atom. The average molecular weight is 536 g/mol. The van der Waals surface area contributed by atoms with Gasteiger partial charge in [0.25, 0.3) is 5.91 Å². The monoisotopic (exact) mass is 535 g/mol. The van der Waals surface area contributed by atoms with Crippen molar-refractivity contribution in [3.63, 3.8) is 0 Å². The van der Waals surface area contributed by atoms with Gasteiger partial charge < -0.3 is 15.2 Å². The maximum absolute atomic E-state index is 13.2. The molecule has 0 radical (unpaired) electrons. The number of aromatic nitrogens is 3. The lowest BCUT2D eigenvalue weighted by atomic mass is 9.99. The third-order valence-corrected chi connectivity index (χ3v) is 7.80. The van der Waals surface area contributed by atoms with Gasteiger partial charge in [0.15, 0.2) is 5.78 Å². The maximum atomic E-state index is 13.2. The first-order valence-electron chi connectivity index (χ1n) is 14.0. The van der Waals surface area contributed by atoms with Crippen LogP contribution in [-0.4, -0.2) is 51.0 Å². The molecular formula is C33H37N5O2. The molecule has 7 heteroatoms. The topological polar surface area (TPSA) is 83.0 Å². The van der Waals surface area contributed by atoms with Crippen molar-refractivity contribution in [2.45, 2.75) is 47.5 Å². The molecule has 0 fully saturated rings. The number of benzene rings is 2. The number of aryl methyl sites for hydroxylation is 2. The van der Waals surface area contributed by atoms with Gasteiger partial charge in [-0.2, -0.15) is 5.10 Å². The Morgan fingerprint density at radius 2 is 1.85 bits per heavy atom. The first-order valence-corrected chi connectivity index (χ1v) is 14.0. The van der Waals surface area contributed by atoms with E-state index in [1.807, 2.05) is 61.0 Å². The van der Waals surface area contributed by atoms with Gasteiger partial charge in [0.1, 0.15) is 0 Å². The summed E-state index contributed by atoms with van der Waals surface area (Å²) in [5.74, 6) is -0.0101. The molecule has 0 unspecified atom stereocenters. The Morgan fingerprint density at radius 3 is 2.60 bits per heavy atom. The number of H-pyrrole nitrogens is 1. The normalized spacial score (nSPS) is 13.8. The highest BCUT2D eigenvalue weighted by atomic mass is 16.2. The minimum Gasteiger partial charge on any atom is -0.358 e. The summed E-state index contributed by atoms with van der Waals surface area (Å²) in [5, 5.41) is 7.55. The van der Waals surface area contributed by atoms with Crippen LogP contribution in [0.15, 0.2) is 54.7 Å². The molecule has 0 aliphatic carbocycles. The third kappa shape index (κ3) is 5.29. The number of rotatable bonds is 10. The predicted molar refractivity (Wildman–Crippen MR) is 162 cm³/mol. The van der Waals surface area contributed by atoms with Crippen molar-refractivity contribution in [3.8, 4) is 16.9 Å². The zero-order valence-corrected chi connectivity index (χ0v) is 24.0. The number of fused-ring (bicyclic) bond motifs is 1. The second-order valence-corrected chi connectivity index (χ2v) is 10.5. The minimum absolute atomic E-state index is 0.144. The van der Waals surface area contributed by atoms with Crippen LogP contribution in [0.25, 0.3) is 28.6 Å². The van der Waals surface area contributed by atoms with Gasteiger partial charge in [-0.05, 0) is 94.4 Å². The molecule has 1 aliphatic rings. The molecule has 1 aliphatic heterocycles. The summed E-state index contributed by atoms with van der Waals surface area (Å²) in [4.78, 5) is 31.9. The number of anilines is 1. The van der Waals surface area contributed by atoms with Crippen molar-refractivity contribution in [1.82, 2.24) is 19.7 Å². The van der Waals surface area contributed by atoms with E-state index in [0.717, 1.165) is 82.3 Å². The highest BCUT2D eigenvalue weighted by molar-refractivity contribution is 6.35. The van der Waals surface area contributed by atoms with E-state index >= 15 is 0 Å². The van der Waals surface area contributed by atoms with Crippen molar-refractivity contribution >= 4 is 29.0 Å². The maximum Gasteiger partial charge on any atom is 0.256 e. The quantitative estimate of drug-likeness (QED) is 0.177. The number of carbonyl (C=O) groups excluding carboxylic acids is 2. The molecule has 2 N–H and O–H groups in total. The molecule has 40 heavy (non-hydrogen) atoms. The number of carbonyl (C=O) groups is 2. The lowest BCUT2D eigenvalue weighted by molar-refractivity contribution is -0.110. The molecule has 0 spiro atoms. The molecule has 0 saturated carbocycles. The fourth-order valence-electron chi connectivity index (χ4n) is 5.59. The first kappa shape index (κ1) is 27.3. The molecule has 4 aromatic rings. The molecule has 7 nitrogen and oxygen atoms in total. The molecule has 0 bridgehead atoms. The van der Waals surface area contributed by atoms with Crippen LogP contribution in [0.5, 0.6) is 0 Å². The van der Waals surface area contributed by atoms with Crippen LogP contribution in [0.4, 0.5) is 5.69 Å².